The van der Waals surface area contributed by atoms with Crippen molar-refractivity contribution < 1.29 is 14.1 Å². The molecule has 1 amide bonds. The average Bonchev–Trinajstić information content (AvgIpc) is 2.91. The summed E-state index contributed by atoms with van der Waals surface area (Å²) in [6.07, 6.45) is 1.65. The number of nitrogens with zero attached hydrogens (tertiary/aromatic N) is 1. The molecular formula is C16H17ClN2O3. The van der Waals surface area contributed by atoms with E-state index in [-0.39, 0.29) is 11.9 Å². The van der Waals surface area contributed by atoms with Gasteiger partial charge in [0.2, 0.25) is 0 Å². The molecule has 1 aliphatic heterocycles. The predicted molar refractivity (Wildman–Crippen MR) is 83.0 cm³/mol. The summed E-state index contributed by atoms with van der Waals surface area (Å²) >= 11 is 5.88. The van der Waals surface area contributed by atoms with Gasteiger partial charge in [-0.2, -0.15) is 0 Å². The Hall–Kier alpha value is -1.85. The first-order valence-corrected chi connectivity index (χ1v) is 7.64. The minimum absolute atomic E-state index is 0.135. The molecule has 0 radical (unpaired) electrons. The lowest BCUT2D eigenvalue weighted by molar-refractivity contribution is 0.0692. The molecule has 0 spiro atoms. The van der Waals surface area contributed by atoms with Gasteiger partial charge in [-0.05, 0) is 44.0 Å². The zero-order valence-corrected chi connectivity index (χ0v) is 13.0. The number of benzene rings is 1. The van der Waals surface area contributed by atoms with Crippen molar-refractivity contribution in [2.75, 3.05) is 13.2 Å². The summed E-state index contributed by atoms with van der Waals surface area (Å²) < 4.78 is 10.6. The molecule has 5 nitrogen and oxygen atoms in total. The van der Waals surface area contributed by atoms with Gasteiger partial charge in [0.1, 0.15) is 0 Å². The van der Waals surface area contributed by atoms with E-state index in [9.17, 15) is 4.79 Å². The molecule has 22 heavy (non-hydrogen) atoms. The maximum atomic E-state index is 12.3. The second-order valence-electron chi connectivity index (χ2n) is 5.35. The second kappa shape index (κ2) is 6.50. The van der Waals surface area contributed by atoms with Gasteiger partial charge < -0.3 is 14.6 Å². The van der Waals surface area contributed by atoms with Crippen LogP contribution in [0.4, 0.5) is 0 Å². The third-order valence-corrected chi connectivity index (χ3v) is 4.05. The highest BCUT2D eigenvalue weighted by atomic mass is 35.5. The van der Waals surface area contributed by atoms with Gasteiger partial charge in [0.15, 0.2) is 11.5 Å². The van der Waals surface area contributed by atoms with Crippen molar-refractivity contribution in [3.05, 3.63) is 40.5 Å². The quantitative estimate of drug-likeness (QED) is 0.943. The zero-order valence-electron chi connectivity index (χ0n) is 12.3. The zero-order chi connectivity index (χ0) is 15.5. The van der Waals surface area contributed by atoms with E-state index in [1.54, 1.807) is 12.1 Å². The number of amides is 1. The highest BCUT2D eigenvalue weighted by Crippen LogP contribution is 2.27. The number of aromatic nitrogens is 1. The standard InChI is InChI=1S/C16H17ClN2O3/c1-10-14(16(20)18-13-6-8-21-9-7-13)19-22-15(10)11-2-4-12(17)5-3-11/h2-5,13H,6-9H2,1H3,(H,18,20). The lowest BCUT2D eigenvalue weighted by Crippen LogP contribution is -2.39. The van der Waals surface area contributed by atoms with E-state index in [2.05, 4.69) is 10.5 Å². The van der Waals surface area contributed by atoms with Crippen LogP contribution in [0, 0.1) is 6.92 Å². The van der Waals surface area contributed by atoms with Crippen LogP contribution in [0.15, 0.2) is 28.8 Å². The maximum Gasteiger partial charge on any atom is 0.273 e. The Kier molecular flexibility index (Phi) is 4.45. The van der Waals surface area contributed by atoms with Gasteiger partial charge in [-0.15, -0.1) is 0 Å². The molecule has 116 valence electrons. The third-order valence-electron chi connectivity index (χ3n) is 3.80. The maximum absolute atomic E-state index is 12.3. The Morgan fingerprint density at radius 1 is 1.27 bits per heavy atom. The van der Waals surface area contributed by atoms with Gasteiger partial charge in [0, 0.05) is 35.4 Å². The molecule has 2 heterocycles. The minimum Gasteiger partial charge on any atom is -0.381 e. The Balaban J connectivity index is 1.77. The van der Waals surface area contributed by atoms with Crippen LogP contribution >= 0.6 is 11.6 Å². The van der Waals surface area contributed by atoms with Crippen LogP contribution in [0.5, 0.6) is 0 Å². The highest BCUT2D eigenvalue weighted by Gasteiger charge is 2.23. The molecule has 0 bridgehead atoms. The molecule has 6 heteroatoms. The van der Waals surface area contributed by atoms with Gasteiger partial charge in [0.05, 0.1) is 0 Å². The summed E-state index contributed by atoms with van der Waals surface area (Å²) in [6.45, 7) is 3.19. The summed E-state index contributed by atoms with van der Waals surface area (Å²) in [7, 11) is 0. The molecule has 2 aromatic rings. The van der Waals surface area contributed by atoms with E-state index in [0.29, 0.717) is 29.7 Å². The van der Waals surface area contributed by atoms with Crippen molar-refractivity contribution in [3.63, 3.8) is 0 Å². The fourth-order valence-electron chi connectivity index (χ4n) is 2.51. The van der Waals surface area contributed by atoms with Gasteiger partial charge in [-0.25, -0.2) is 0 Å². The van der Waals surface area contributed by atoms with Gasteiger partial charge in [0.25, 0.3) is 5.91 Å². The molecule has 1 aliphatic rings. The van der Waals surface area contributed by atoms with Crippen LogP contribution in [0.2, 0.25) is 5.02 Å². The lowest BCUT2D eigenvalue weighted by Gasteiger charge is -2.22. The van der Waals surface area contributed by atoms with Gasteiger partial charge >= 0.3 is 0 Å². The van der Waals surface area contributed by atoms with E-state index >= 15 is 0 Å². The summed E-state index contributed by atoms with van der Waals surface area (Å²) in [5, 5.41) is 7.57. The molecule has 0 atom stereocenters. The number of carbonyl (C=O) groups excluding carboxylic acids is 1. The summed E-state index contributed by atoms with van der Waals surface area (Å²) in [5.41, 5.74) is 1.91. The fourth-order valence-corrected chi connectivity index (χ4v) is 2.64. The first-order valence-electron chi connectivity index (χ1n) is 7.26. The summed E-state index contributed by atoms with van der Waals surface area (Å²) in [4.78, 5) is 12.3. The van der Waals surface area contributed by atoms with Crippen molar-refractivity contribution in [1.82, 2.24) is 10.5 Å². The number of hydrogen-bond donors (Lipinski definition) is 1. The molecule has 3 rings (SSSR count). The molecule has 1 N–H and O–H groups in total. The number of hydrogen-bond acceptors (Lipinski definition) is 4. The molecule has 1 aromatic heterocycles. The van der Waals surface area contributed by atoms with E-state index in [0.717, 1.165) is 24.0 Å². The molecule has 0 aliphatic carbocycles. The van der Waals surface area contributed by atoms with Crippen LogP contribution in [0.1, 0.15) is 28.9 Å². The van der Waals surface area contributed by atoms with Crippen LogP contribution in [0.3, 0.4) is 0 Å². The SMILES string of the molecule is Cc1c(C(=O)NC2CCOCC2)noc1-c1ccc(Cl)cc1. The number of rotatable bonds is 3. The van der Waals surface area contributed by atoms with Crippen molar-refractivity contribution >= 4 is 17.5 Å². The van der Waals surface area contributed by atoms with Crippen molar-refractivity contribution in [2.24, 2.45) is 0 Å². The first kappa shape index (κ1) is 15.1. The molecule has 1 aromatic carbocycles. The lowest BCUT2D eigenvalue weighted by atomic mass is 10.1. The normalized spacial score (nSPS) is 15.7. The Morgan fingerprint density at radius 2 is 1.95 bits per heavy atom. The number of halogens is 1. The summed E-state index contributed by atoms with van der Waals surface area (Å²) in [5.74, 6) is 0.391. The van der Waals surface area contributed by atoms with E-state index in [1.807, 2.05) is 19.1 Å². The van der Waals surface area contributed by atoms with Gasteiger partial charge in [-0.1, -0.05) is 16.8 Å². The number of ether oxygens (including phenoxy) is 1. The number of nitrogens with one attached hydrogen (secondary N) is 1. The highest BCUT2D eigenvalue weighted by molar-refractivity contribution is 6.30. The van der Waals surface area contributed by atoms with Crippen molar-refractivity contribution in [2.45, 2.75) is 25.8 Å². The van der Waals surface area contributed by atoms with Crippen molar-refractivity contribution in [1.29, 1.82) is 0 Å². The monoisotopic (exact) mass is 320 g/mol. The van der Waals surface area contributed by atoms with E-state index < -0.39 is 0 Å². The molecule has 1 saturated heterocycles. The van der Waals surface area contributed by atoms with Gasteiger partial charge in [-0.3, -0.25) is 4.79 Å². The van der Waals surface area contributed by atoms with Crippen LogP contribution in [-0.4, -0.2) is 30.3 Å². The van der Waals surface area contributed by atoms with Crippen LogP contribution in [0.25, 0.3) is 11.3 Å². The van der Waals surface area contributed by atoms with E-state index in [4.69, 9.17) is 20.9 Å². The van der Waals surface area contributed by atoms with Crippen molar-refractivity contribution in [3.8, 4) is 11.3 Å². The Bertz CT molecular complexity index is 661. The Morgan fingerprint density at radius 3 is 2.64 bits per heavy atom. The van der Waals surface area contributed by atoms with Crippen LogP contribution in [-0.2, 0) is 4.74 Å². The number of carbonyl (C=O) groups is 1. The Labute approximate surface area is 133 Å². The summed E-state index contributed by atoms with van der Waals surface area (Å²) in [6, 6.07) is 7.38. The second-order valence-corrected chi connectivity index (χ2v) is 5.79. The fraction of sp³-hybridized carbons (Fsp3) is 0.375. The van der Waals surface area contributed by atoms with Crippen LogP contribution < -0.4 is 5.32 Å². The smallest absolute Gasteiger partial charge is 0.273 e. The average molecular weight is 321 g/mol. The largest absolute Gasteiger partial charge is 0.381 e. The topological polar surface area (TPSA) is 64.4 Å². The molecule has 1 fully saturated rings. The predicted octanol–water partition coefficient (Wildman–Crippen LogP) is 3.21. The first-order chi connectivity index (χ1) is 10.6. The molecule has 0 saturated carbocycles. The molecular weight excluding hydrogens is 304 g/mol. The van der Waals surface area contributed by atoms with E-state index in [1.165, 1.54) is 0 Å². The third kappa shape index (κ3) is 3.15. The minimum atomic E-state index is -0.201. The molecule has 0 unspecified atom stereocenters.